The summed E-state index contributed by atoms with van der Waals surface area (Å²) >= 11 is 0. The second kappa shape index (κ2) is 12.0. The van der Waals surface area contributed by atoms with E-state index in [9.17, 15) is 0 Å². The van der Waals surface area contributed by atoms with Gasteiger partial charge in [0.15, 0.2) is 0 Å². The van der Waals surface area contributed by atoms with Crippen LogP contribution in [0.2, 0.25) is 0 Å². The number of hydrogen-bond acceptors (Lipinski definition) is 0. The Hall–Kier alpha value is 0.0795. The van der Waals surface area contributed by atoms with Crippen molar-refractivity contribution in [1.82, 2.24) is 0 Å². The van der Waals surface area contributed by atoms with E-state index in [2.05, 4.69) is 101 Å². The molecule has 0 aliphatic rings. The summed E-state index contributed by atoms with van der Waals surface area (Å²) in [5.41, 5.74) is 3.24. The van der Waals surface area contributed by atoms with Crippen molar-refractivity contribution in [2.45, 2.75) is 116 Å². The van der Waals surface area contributed by atoms with Crippen LogP contribution in [0.1, 0.15) is 94.2 Å². The Labute approximate surface area is 208 Å². The van der Waals surface area contributed by atoms with E-state index in [-0.39, 0.29) is 32.9 Å². The molecule has 3 heteroatoms. The van der Waals surface area contributed by atoms with E-state index >= 15 is 0 Å². The molecule has 0 bridgehead atoms. The average Bonchev–Trinajstić information content (AvgIpc) is 3.20. The van der Waals surface area contributed by atoms with Crippen LogP contribution in [-0.2, 0) is 29.4 Å². The van der Waals surface area contributed by atoms with Gasteiger partial charge in [-0.25, -0.2) is 24.3 Å². The molecule has 0 saturated heterocycles. The van der Waals surface area contributed by atoms with E-state index < -0.39 is 0 Å². The number of hydrogen-bond donors (Lipinski definition) is 0. The van der Waals surface area contributed by atoms with Crippen molar-refractivity contribution in [3.05, 3.63) is 59.7 Å². The van der Waals surface area contributed by atoms with Crippen LogP contribution in [0.15, 0.2) is 48.5 Å². The SMILES string of the molecule is CC(C)(C)P(Cc1ccc[c-]1CP(C(C)(C)C)C(C)(C)C)C(C)(C)C.[Fe+2].c1cc[cH-]c1. The molecule has 0 nitrogen and oxygen atoms in total. The van der Waals surface area contributed by atoms with E-state index in [0.29, 0.717) is 20.6 Å². The summed E-state index contributed by atoms with van der Waals surface area (Å²) in [7, 11) is -0.167. The van der Waals surface area contributed by atoms with Crippen LogP contribution >= 0.6 is 15.8 Å². The van der Waals surface area contributed by atoms with Crippen LogP contribution in [0.25, 0.3) is 0 Å². The molecule has 0 unspecified atom stereocenters. The van der Waals surface area contributed by atoms with E-state index in [1.54, 1.807) is 11.1 Å². The Kier molecular flexibility index (Phi) is 12.0. The van der Waals surface area contributed by atoms with Gasteiger partial charge in [-0.3, -0.25) is 0 Å². The fourth-order valence-electron chi connectivity index (χ4n) is 4.43. The van der Waals surface area contributed by atoms with Gasteiger partial charge in [-0.15, -0.1) is 13.5 Å². The third-order valence-corrected chi connectivity index (χ3v) is 13.3. The summed E-state index contributed by atoms with van der Waals surface area (Å²) in [5, 5.41) is 1.56. The quantitative estimate of drug-likeness (QED) is 0.222. The molecule has 0 spiro atoms. The van der Waals surface area contributed by atoms with Crippen LogP contribution in [0.5, 0.6) is 0 Å². The van der Waals surface area contributed by atoms with Crippen molar-refractivity contribution in [2.24, 2.45) is 0 Å². The molecule has 2 rings (SSSR count). The predicted molar refractivity (Wildman–Crippen MR) is 144 cm³/mol. The maximum absolute atomic E-state index is 2.43. The van der Waals surface area contributed by atoms with Crippen LogP contribution in [-0.4, -0.2) is 20.6 Å². The van der Waals surface area contributed by atoms with Gasteiger partial charge >= 0.3 is 17.1 Å². The maximum atomic E-state index is 2.43. The van der Waals surface area contributed by atoms with Gasteiger partial charge in [0.05, 0.1) is 0 Å². The largest absolute Gasteiger partial charge is 2.00 e. The summed E-state index contributed by atoms with van der Waals surface area (Å²) in [5.74, 6) is 0. The predicted octanol–water partition coefficient (Wildman–Crippen LogP) is 9.97. The topological polar surface area (TPSA) is 0 Å². The molecule has 2 aromatic rings. The van der Waals surface area contributed by atoms with Crippen molar-refractivity contribution < 1.29 is 17.1 Å². The van der Waals surface area contributed by atoms with E-state index in [1.165, 1.54) is 12.3 Å². The molecular formula is C28H48FeP2. The average molecular weight is 502 g/mol. The van der Waals surface area contributed by atoms with Gasteiger partial charge in [0, 0.05) is 0 Å². The van der Waals surface area contributed by atoms with Crippen molar-refractivity contribution in [2.75, 3.05) is 0 Å². The zero-order valence-electron chi connectivity index (χ0n) is 22.3. The first kappa shape index (κ1) is 31.1. The van der Waals surface area contributed by atoms with Crippen molar-refractivity contribution >= 4 is 15.8 Å². The molecule has 0 aliphatic carbocycles. The summed E-state index contributed by atoms with van der Waals surface area (Å²) in [6, 6.07) is 17.1. The van der Waals surface area contributed by atoms with Crippen LogP contribution in [0.4, 0.5) is 0 Å². The summed E-state index contributed by atoms with van der Waals surface area (Å²) in [6.07, 6.45) is 2.53. The summed E-state index contributed by atoms with van der Waals surface area (Å²) in [6.45, 7) is 29.2. The minimum atomic E-state index is -0.0835. The zero-order valence-corrected chi connectivity index (χ0v) is 25.2. The number of rotatable bonds is 4. The molecule has 31 heavy (non-hydrogen) atoms. The van der Waals surface area contributed by atoms with Gasteiger partial charge in [-0.2, -0.15) is 29.8 Å². The minimum Gasteiger partial charge on any atom is -0.214 e. The first-order valence-corrected chi connectivity index (χ1v) is 14.4. The van der Waals surface area contributed by atoms with E-state index in [4.69, 9.17) is 0 Å². The molecule has 178 valence electrons. The molecule has 0 saturated carbocycles. The Balaban J connectivity index is 0.00000131. The molecule has 0 aliphatic heterocycles. The zero-order chi connectivity index (χ0) is 23.4. The maximum Gasteiger partial charge on any atom is 2.00 e. The van der Waals surface area contributed by atoms with Gasteiger partial charge in [0.1, 0.15) is 0 Å². The third-order valence-electron chi connectivity index (χ3n) is 5.46. The standard InChI is InChI=1S/C23H43P2.C5H5.Fe/c1-20(2,3)24(21(4,5)6)16-18-14-13-15-19(18)17-25(22(7,8)9)23(10,11)12;1-2-4-5-3-1;/h13-15H,16-17H2,1-12H3;1-5H;/q2*-1;+2. The molecular weight excluding hydrogens is 454 g/mol. The van der Waals surface area contributed by atoms with Gasteiger partial charge < -0.3 is 0 Å². The molecule has 2 aromatic carbocycles. The molecule has 0 radical (unpaired) electrons. The van der Waals surface area contributed by atoms with Gasteiger partial charge in [0.25, 0.3) is 0 Å². The smallest absolute Gasteiger partial charge is 0.214 e. The monoisotopic (exact) mass is 502 g/mol. The fourth-order valence-corrected chi connectivity index (χ4v) is 11.6. The molecule has 0 heterocycles. The van der Waals surface area contributed by atoms with Crippen molar-refractivity contribution in [3.63, 3.8) is 0 Å². The molecule has 0 atom stereocenters. The Bertz CT molecular complexity index is 619. The third kappa shape index (κ3) is 10.7. The minimum absolute atomic E-state index is 0. The van der Waals surface area contributed by atoms with Gasteiger partial charge in [-0.1, -0.05) is 97.2 Å². The summed E-state index contributed by atoms with van der Waals surface area (Å²) < 4.78 is 0. The first-order chi connectivity index (χ1) is 13.4. The van der Waals surface area contributed by atoms with Crippen LogP contribution < -0.4 is 0 Å². The van der Waals surface area contributed by atoms with Crippen molar-refractivity contribution in [1.29, 1.82) is 0 Å². The molecule has 0 aromatic heterocycles. The Morgan fingerprint density at radius 1 is 0.677 bits per heavy atom. The second-order valence-electron chi connectivity index (χ2n) is 12.4. The fraction of sp³-hybridized carbons (Fsp3) is 0.643. The van der Waals surface area contributed by atoms with E-state index in [0.717, 1.165) is 0 Å². The molecule has 0 fully saturated rings. The first-order valence-electron chi connectivity index (χ1n) is 11.4. The van der Waals surface area contributed by atoms with Crippen LogP contribution in [0, 0.1) is 0 Å². The van der Waals surface area contributed by atoms with E-state index in [1.807, 2.05) is 30.3 Å². The molecule has 0 amide bonds. The Morgan fingerprint density at radius 3 is 1.42 bits per heavy atom. The van der Waals surface area contributed by atoms with Gasteiger partial charge in [-0.05, 0) is 26.8 Å². The van der Waals surface area contributed by atoms with Crippen molar-refractivity contribution in [3.8, 4) is 0 Å². The second-order valence-corrected chi connectivity index (χ2v) is 20.1. The van der Waals surface area contributed by atoms with Crippen LogP contribution in [0.3, 0.4) is 0 Å². The molecule has 0 N–H and O–H groups in total. The summed E-state index contributed by atoms with van der Waals surface area (Å²) in [4.78, 5) is 0. The normalized spacial score (nSPS) is 13.1. The van der Waals surface area contributed by atoms with Gasteiger partial charge in [0.2, 0.25) is 0 Å². The Morgan fingerprint density at radius 2 is 1.10 bits per heavy atom.